The van der Waals surface area contributed by atoms with Crippen molar-refractivity contribution in [2.75, 3.05) is 52.4 Å². The lowest BCUT2D eigenvalue weighted by atomic mass is 10.1. The molecular formula is C24H36N4O2. The molecule has 0 aromatic heterocycles. The Hall–Kier alpha value is -2.12. The molecule has 0 bridgehead atoms. The number of nitrogens with zero attached hydrogens (tertiary/aromatic N) is 2. The number of nitrogens with one attached hydrogen (secondary N) is 2. The molecule has 0 unspecified atom stereocenters. The van der Waals surface area contributed by atoms with Crippen LogP contribution in [0.5, 0.6) is 11.5 Å². The maximum Gasteiger partial charge on any atom is 0.120 e. The first-order valence-electron chi connectivity index (χ1n) is 11.1. The van der Waals surface area contributed by atoms with E-state index in [0.29, 0.717) is 11.5 Å². The molecule has 6 nitrogen and oxygen atoms in total. The Morgan fingerprint density at radius 2 is 1.03 bits per heavy atom. The Balaban J connectivity index is 1.49. The number of rotatable bonds is 4. The minimum absolute atomic E-state index is 0.382. The minimum Gasteiger partial charge on any atom is -0.508 e. The average Bonchev–Trinajstić information content (AvgIpc) is 2.75. The fraction of sp³-hybridized carbons (Fsp3) is 0.500. The van der Waals surface area contributed by atoms with Gasteiger partial charge in [-0.3, -0.25) is 9.80 Å². The minimum atomic E-state index is 0.382. The van der Waals surface area contributed by atoms with Gasteiger partial charge in [0.05, 0.1) is 0 Å². The van der Waals surface area contributed by atoms with Crippen LogP contribution in [0.3, 0.4) is 0 Å². The average molecular weight is 413 g/mol. The van der Waals surface area contributed by atoms with Crippen LogP contribution in [0.4, 0.5) is 0 Å². The Bertz CT molecular complexity index is 676. The van der Waals surface area contributed by atoms with E-state index in [2.05, 4.69) is 20.4 Å². The van der Waals surface area contributed by atoms with E-state index in [0.717, 1.165) is 89.4 Å². The van der Waals surface area contributed by atoms with Crippen molar-refractivity contribution >= 4 is 0 Å². The number of hydrogen-bond acceptors (Lipinski definition) is 6. The molecule has 164 valence electrons. The van der Waals surface area contributed by atoms with E-state index in [4.69, 9.17) is 0 Å². The molecule has 0 saturated carbocycles. The number of phenols is 2. The predicted octanol–water partition coefficient (Wildman–Crippen LogP) is 2.38. The fourth-order valence-electron chi connectivity index (χ4n) is 3.89. The van der Waals surface area contributed by atoms with Gasteiger partial charge in [0.25, 0.3) is 0 Å². The molecule has 6 heteroatoms. The zero-order chi connectivity index (χ0) is 21.0. The zero-order valence-electron chi connectivity index (χ0n) is 17.9. The van der Waals surface area contributed by atoms with Crippen molar-refractivity contribution in [1.29, 1.82) is 0 Å². The van der Waals surface area contributed by atoms with E-state index >= 15 is 0 Å². The second-order valence-electron chi connectivity index (χ2n) is 8.02. The lowest BCUT2D eigenvalue weighted by molar-refractivity contribution is 0.238. The molecule has 3 rings (SSSR count). The van der Waals surface area contributed by atoms with Gasteiger partial charge in [-0.1, -0.05) is 36.4 Å². The normalized spacial score (nSPS) is 18.7. The van der Waals surface area contributed by atoms with Crippen LogP contribution in [-0.2, 0) is 13.1 Å². The highest BCUT2D eigenvalue weighted by molar-refractivity contribution is 5.32. The van der Waals surface area contributed by atoms with Crippen LogP contribution in [0, 0.1) is 0 Å². The van der Waals surface area contributed by atoms with Gasteiger partial charge in [0.15, 0.2) is 0 Å². The van der Waals surface area contributed by atoms with Crippen molar-refractivity contribution < 1.29 is 10.2 Å². The van der Waals surface area contributed by atoms with Gasteiger partial charge in [0.2, 0.25) is 0 Å². The number of aromatic hydroxyl groups is 2. The van der Waals surface area contributed by atoms with Crippen LogP contribution in [0.2, 0.25) is 0 Å². The standard InChI is InChI=1S/C24H36N4O2/c29-23-9-3-1-7-21(23)19-27-15-5-11-26-14-18-28(16-6-12-25-13-17-27)20-22-8-2-4-10-24(22)30/h1-4,7-10,25-26,29-30H,5-6,11-20H2. The van der Waals surface area contributed by atoms with Crippen LogP contribution >= 0.6 is 0 Å². The van der Waals surface area contributed by atoms with Gasteiger partial charge in [-0.25, -0.2) is 0 Å². The van der Waals surface area contributed by atoms with Gasteiger partial charge < -0.3 is 20.8 Å². The largest absolute Gasteiger partial charge is 0.508 e. The van der Waals surface area contributed by atoms with Gasteiger partial charge in [0.1, 0.15) is 11.5 Å². The Kier molecular flexibility index (Phi) is 9.44. The van der Waals surface area contributed by atoms with Crippen molar-refractivity contribution in [3.63, 3.8) is 0 Å². The topological polar surface area (TPSA) is 71.0 Å². The van der Waals surface area contributed by atoms with Crippen LogP contribution in [0.1, 0.15) is 24.0 Å². The lowest BCUT2D eigenvalue weighted by Crippen LogP contribution is -2.38. The molecule has 2 aromatic carbocycles. The van der Waals surface area contributed by atoms with E-state index in [1.165, 1.54) is 0 Å². The highest BCUT2D eigenvalue weighted by Crippen LogP contribution is 2.18. The molecule has 1 saturated heterocycles. The molecule has 0 aliphatic carbocycles. The number of benzene rings is 2. The summed E-state index contributed by atoms with van der Waals surface area (Å²) in [5, 5.41) is 27.3. The van der Waals surface area contributed by atoms with E-state index < -0.39 is 0 Å². The van der Waals surface area contributed by atoms with E-state index in [9.17, 15) is 10.2 Å². The van der Waals surface area contributed by atoms with Crippen molar-refractivity contribution in [2.24, 2.45) is 0 Å². The van der Waals surface area contributed by atoms with Gasteiger partial charge >= 0.3 is 0 Å². The smallest absolute Gasteiger partial charge is 0.120 e. The van der Waals surface area contributed by atoms with E-state index in [1.807, 2.05) is 36.4 Å². The highest BCUT2D eigenvalue weighted by atomic mass is 16.3. The molecule has 0 spiro atoms. The molecule has 30 heavy (non-hydrogen) atoms. The van der Waals surface area contributed by atoms with Crippen molar-refractivity contribution in [3.05, 3.63) is 59.7 Å². The SMILES string of the molecule is Oc1ccccc1CN1CCCNCCN(Cc2ccccc2O)CCCNCC1. The fourth-order valence-corrected chi connectivity index (χ4v) is 3.89. The summed E-state index contributed by atoms with van der Waals surface area (Å²) >= 11 is 0. The summed E-state index contributed by atoms with van der Waals surface area (Å²) in [7, 11) is 0. The second-order valence-corrected chi connectivity index (χ2v) is 8.02. The maximum atomic E-state index is 10.1. The third-order valence-electron chi connectivity index (χ3n) is 5.64. The molecule has 0 amide bonds. The van der Waals surface area contributed by atoms with Crippen molar-refractivity contribution in [2.45, 2.75) is 25.9 Å². The number of hydrogen-bond donors (Lipinski definition) is 4. The summed E-state index contributed by atoms with van der Waals surface area (Å²) in [6.07, 6.45) is 2.15. The van der Waals surface area contributed by atoms with Gasteiger partial charge in [0, 0.05) is 50.4 Å². The number of para-hydroxylation sites is 2. The number of phenolic OH excluding ortho intramolecular Hbond substituents is 2. The monoisotopic (exact) mass is 412 g/mol. The van der Waals surface area contributed by atoms with Crippen molar-refractivity contribution in [3.8, 4) is 11.5 Å². The molecule has 1 aliphatic rings. The lowest BCUT2D eigenvalue weighted by Gasteiger charge is -2.26. The molecule has 2 aromatic rings. The first-order valence-corrected chi connectivity index (χ1v) is 11.1. The van der Waals surface area contributed by atoms with E-state index in [1.54, 1.807) is 12.1 Å². The molecule has 0 atom stereocenters. The second kappa shape index (κ2) is 12.5. The summed E-state index contributed by atoms with van der Waals surface area (Å²) in [5.74, 6) is 0.764. The Morgan fingerprint density at radius 1 is 0.600 bits per heavy atom. The maximum absolute atomic E-state index is 10.1. The molecule has 4 N–H and O–H groups in total. The first kappa shape index (κ1) is 22.6. The van der Waals surface area contributed by atoms with Crippen LogP contribution in [0.25, 0.3) is 0 Å². The third kappa shape index (κ3) is 7.61. The Morgan fingerprint density at radius 3 is 1.47 bits per heavy atom. The van der Waals surface area contributed by atoms with Crippen LogP contribution in [0.15, 0.2) is 48.5 Å². The predicted molar refractivity (Wildman–Crippen MR) is 122 cm³/mol. The summed E-state index contributed by atoms with van der Waals surface area (Å²) in [6, 6.07) is 15.3. The van der Waals surface area contributed by atoms with Gasteiger partial charge in [-0.05, 0) is 51.2 Å². The molecule has 0 radical (unpaired) electrons. The van der Waals surface area contributed by atoms with Crippen molar-refractivity contribution in [1.82, 2.24) is 20.4 Å². The van der Waals surface area contributed by atoms with Crippen LogP contribution < -0.4 is 10.6 Å². The third-order valence-corrected chi connectivity index (χ3v) is 5.64. The molecular weight excluding hydrogens is 376 g/mol. The summed E-state index contributed by atoms with van der Waals surface area (Å²) < 4.78 is 0. The summed E-state index contributed by atoms with van der Waals surface area (Å²) in [6.45, 7) is 9.36. The molecule has 1 heterocycles. The first-order chi connectivity index (χ1) is 14.7. The Labute approximate surface area is 180 Å². The summed E-state index contributed by atoms with van der Waals surface area (Å²) in [5.41, 5.74) is 1.98. The van der Waals surface area contributed by atoms with E-state index in [-0.39, 0.29) is 0 Å². The highest BCUT2D eigenvalue weighted by Gasteiger charge is 2.11. The summed E-state index contributed by atoms with van der Waals surface area (Å²) in [4.78, 5) is 4.83. The van der Waals surface area contributed by atoms with Crippen LogP contribution in [-0.4, -0.2) is 72.4 Å². The quantitative estimate of drug-likeness (QED) is 0.618. The molecule has 1 fully saturated rings. The van der Waals surface area contributed by atoms with Gasteiger partial charge in [-0.15, -0.1) is 0 Å². The molecule has 1 aliphatic heterocycles. The van der Waals surface area contributed by atoms with Gasteiger partial charge in [-0.2, -0.15) is 0 Å². The zero-order valence-corrected chi connectivity index (χ0v) is 17.9.